The predicted octanol–water partition coefficient (Wildman–Crippen LogP) is 4.38. The van der Waals surface area contributed by atoms with Gasteiger partial charge in [0.15, 0.2) is 0 Å². The van der Waals surface area contributed by atoms with E-state index in [1.54, 1.807) is 0 Å². The molecule has 24 heavy (non-hydrogen) atoms. The van der Waals surface area contributed by atoms with E-state index in [1.165, 1.54) is 6.92 Å². The number of nitrogens with zero attached hydrogens (tertiary/aromatic N) is 1. The number of carbonyl (C=O) groups is 2. The minimum absolute atomic E-state index is 0.0142. The van der Waals surface area contributed by atoms with Crippen molar-refractivity contribution in [1.82, 2.24) is 4.90 Å². The largest absolute Gasteiger partial charge is 0.471 e. The Bertz CT molecular complexity index is 451. The molecule has 0 saturated heterocycles. The Kier molecular flexibility index (Phi) is 11.1. The molecule has 11 heteroatoms. The summed E-state index contributed by atoms with van der Waals surface area (Å²) in [5.74, 6) is -2.13. The maximum Gasteiger partial charge on any atom is 0.471 e. The number of esters is 1. The second-order valence-electron chi connectivity index (χ2n) is 4.72. The Labute approximate surface area is 148 Å². The van der Waals surface area contributed by atoms with Crippen LogP contribution in [0.15, 0.2) is 0 Å². The van der Waals surface area contributed by atoms with Crippen LogP contribution in [0.2, 0.25) is 0 Å². The van der Waals surface area contributed by atoms with Gasteiger partial charge in [-0.3, -0.25) is 14.2 Å². The number of ether oxygens (including phenoxy) is 1. The van der Waals surface area contributed by atoms with Crippen molar-refractivity contribution in [1.29, 1.82) is 0 Å². The van der Waals surface area contributed by atoms with Crippen LogP contribution in [0.3, 0.4) is 0 Å². The molecule has 0 aromatic carbocycles. The van der Waals surface area contributed by atoms with E-state index in [0.29, 0.717) is 29.2 Å². The zero-order valence-corrected chi connectivity index (χ0v) is 16.5. The van der Waals surface area contributed by atoms with Gasteiger partial charge in [-0.25, -0.2) is 0 Å². The van der Waals surface area contributed by atoms with Crippen LogP contribution in [-0.2, 0) is 18.9 Å². The highest BCUT2D eigenvalue weighted by atomic mass is 33.1. The molecule has 0 aromatic rings. The first-order valence-corrected chi connectivity index (χ1v) is 12.6. The molecule has 0 radical (unpaired) electrons. The van der Waals surface area contributed by atoms with Crippen LogP contribution in [-0.4, -0.2) is 53.9 Å². The van der Waals surface area contributed by atoms with Crippen LogP contribution in [0.1, 0.15) is 33.6 Å². The van der Waals surface area contributed by atoms with Gasteiger partial charge in [0, 0.05) is 11.5 Å². The molecular formula is C13H23F3NO4PS2. The molecule has 0 unspecified atom stereocenters. The lowest BCUT2D eigenvalue weighted by Crippen LogP contribution is -2.44. The van der Waals surface area contributed by atoms with Gasteiger partial charge in [-0.15, -0.1) is 0 Å². The van der Waals surface area contributed by atoms with Crippen molar-refractivity contribution in [3.8, 4) is 0 Å². The fraction of sp³-hybridized carbons (Fsp3) is 0.846. The third-order valence-corrected chi connectivity index (χ3v) is 11.2. The highest BCUT2D eigenvalue weighted by molar-refractivity contribution is 8.90. The normalized spacial score (nSPS) is 12.1. The topological polar surface area (TPSA) is 63.7 Å². The molecule has 0 atom stereocenters. The van der Waals surface area contributed by atoms with Crippen molar-refractivity contribution in [3.05, 3.63) is 0 Å². The first-order chi connectivity index (χ1) is 11.1. The van der Waals surface area contributed by atoms with Crippen LogP contribution < -0.4 is 0 Å². The molecule has 0 saturated carbocycles. The minimum Gasteiger partial charge on any atom is -0.465 e. The molecule has 0 fully saturated rings. The van der Waals surface area contributed by atoms with E-state index in [4.69, 9.17) is 0 Å². The van der Waals surface area contributed by atoms with Gasteiger partial charge < -0.3 is 9.64 Å². The smallest absolute Gasteiger partial charge is 0.465 e. The van der Waals surface area contributed by atoms with Crippen molar-refractivity contribution >= 4 is 40.2 Å². The number of alkyl halides is 3. The van der Waals surface area contributed by atoms with E-state index in [0.717, 1.165) is 22.8 Å². The highest BCUT2D eigenvalue weighted by Crippen LogP contribution is 2.69. The molecule has 0 aliphatic heterocycles. The Morgan fingerprint density at radius 3 is 1.96 bits per heavy atom. The van der Waals surface area contributed by atoms with Crippen molar-refractivity contribution in [2.45, 2.75) is 39.8 Å². The summed E-state index contributed by atoms with van der Waals surface area (Å²) in [6.45, 7) is 4.35. The molecule has 0 aliphatic carbocycles. The zero-order chi connectivity index (χ0) is 18.8. The molecule has 0 N–H and O–H groups in total. The standard InChI is InChI=1S/C13H23F3NO4PS2/c1-4-7-23-22(20,24-8-5-2)10-17(9-11(18)21-6-3)12(19)13(14,15)16/h4-10H2,1-3H3. The SMILES string of the molecule is CCCSP(=O)(CN(CC(=O)OCC)C(=O)C(F)(F)F)SCCC. The van der Waals surface area contributed by atoms with Gasteiger partial charge in [-0.05, 0) is 19.8 Å². The lowest BCUT2D eigenvalue weighted by Gasteiger charge is -2.27. The Hall–Kier alpha value is -0.340. The lowest BCUT2D eigenvalue weighted by atomic mass is 10.5. The Morgan fingerprint density at radius 1 is 1.08 bits per heavy atom. The van der Waals surface area contributed by atoms with Gasteiger partial charge in [0.05, 0.1) is 12.9 Å². The molecule has 0 aromatic heterocycles. The average Bonchev–Trinajstić information content (AvgIpc) is 2.49. The van der Waals surface area contributed by atoms with E-state index < -0.39 is 36.4 Å². The summed E-state index contributed by atoms with van der Waals surface area (Å²) < 4.78 is 55.8. The van der Waals surface area contributed by atoms with E-state index in [1.807, 2.05) is 13.8 Å². The summed E-state index contributed by atoms with van der Waals surface area (Å²) in [5.41, 5.74) is -3.18. The molecule has 0 rings (SSSR count). The van der Waals surface area contributed by atoms with Crippen molar-refractivity contribution in [2.75, 3.05) is 30.9 Å². The number of hydrogen-bond donors (Lipinski definition) is 0. The van der Waals surface area contributed by atoms with Crippen LogP contribution in [0, 0.1) is 0 Å². The van der Waals surface area contributed by atoms with Gasteiger partial charge >= 0.3 is 18.1 Å². The number of amides is 1. The van der Waals surface area contributed by atoms with Crippen LogP contribution >= 0.6 is 28.3 Å². The summed E-state index contributed by atoms with van der Waals surface area (Å²) in [5, 5.41) is 0. The molecule has 0 bridgehead atoms. The highest BCUT2D eigenvalue weighted by Gasteiger charge is 2.45. The third kappa shape index (κ3) is 9.22. The second kappa shape index (κ2) is 11.3. The molecule has 0 heterocycles. The van der Waals surface area contributed by atoms with Crippen LogP contribution in [0.25, 0.3) is 0 Å². The van der Waals surface area contributed by atoms with Gasteiger partial charge in [-0.2, -0.15) is 13.2 Å². The Morgan fingerprint density at radius 2 is 1.58 bits per heavy atom. The van der Waals surface area contributed by atoms with E-state index >= 15 is 0 Å². The molecule has 0 aliphatic rings. The minimum atomic E-state index is -5.14. The summed E-state index contributed by atoms with van der Waals surface area (Å²) in [4.78, 5) is 23.4. The third-order valence-electron chi connectivity index (χ3n) is 2.48. The van der Waals surface area contributed by atoms with E-state index in [2.05, 4.69) is 4.74 Å². The zero-order valence-electron chi connectivity index (χ0n) is 13.9. The number of carbonyl (C=O) groups excluding carboxylic acids is 2. The summed E-state index contributed by atoms with van der Waals surface area (Å²) in [6, 6.07) is 0. The molecule has 142 valence electrons. The van der Waals surface area contributed by atoms with E-state index in [-0.39, 0.29) is 6.61 Å². The number of rotatable bonds is 11. The Balaban J connectivity index is 5.31. The first kappa shape index (κ1) is 23.7. The fourth-order valence-electron chi connectivity index (χ4n) is 1.52. The first-order valence-electron chi connectivity index (χ1n) is 7.49. The fourth-order valence-corrected chi connectivity index (χ4v) is 9.65. The van der Waals surface area contributed by atoms with Crippen LogP contribution in [0.4, 0.5) is 13.2 Å². The number of halogens is 3. The van der Waals surface area contributed by atoms with Gasteiger partial charge in [-0.1, -0.05) is 36.6 Å². The number of hydrogen-bond acceptors (Lipinski definition) is 6. The monoisotopic (exact) mass is 409 g/mol. The van der Waals surface area contributed by atoms with Gasteiger partial charge in [0.1, 0.15) is 6.54 Å². The summed E-state index contributed by atoms with van der Waals surface area (Å²) >= 11 is 2.13. The van der Waals surface area contributed by atoms with Gasteiger partial charge in [0.2, 0.25) is 5.55 Å². The average molecular weight is 409 g/mol. The molecule has 5 nitrogen and oxygen atoms in total. The second-order valence-corrected chi connectivity index (χ2v) is 13.3. The van der Waals surface area contributed by atoms with Gasteiger partial charge in [0.25, 0.3) is 0 Å². The maximum atomic E-state index is 12.9. The van der Waals surface area contributed by atoms with Crippen molar-refractivity contribution in [2.24, 2.45) is 0 Å². The quantitative estimate of drug-likeness (QED) is 0.373. The molecule has 1 amide bonds. The maximum absolute atomic E-state index is 12.9. The molecular weight excluding hydrogens is 386 g/mol. The molecule has 0 spiro atoms. The van der Waals surface area contributed by atoms with Crippen molar-refractivity contribution in [3.63, 3.8) is 0 Å². The predicted molar refractivity (Wildman–Crippen MR) is 92.4 cm³/mol. The lowest BCUT2D eigenvalue weighted by molar-refractivity contribution is -0.186. The summed E-state index contributed by atoms with van der Waals surface area (Å²) in [7, 11) is 0. The summed E-state index contributed by atoms with van der Waals surface area (Å²) in [6.07, 6.45) is -4.35. The van der Waals surface area contributed by atoms with Crippen LogP contribution in [0.5, 0.6) is 0 Å². The van der Waals surface area contributed by atoms with E-state index in [9.17, 15) is 27.3 Å². The van der Waals surface area contributed by atoms with Crippen molar-refractivity contribution < 1.29 is 32.1 Å².